The summed E-state index contributed by atoms with van der Waals surface area (Å²) >= 11 is 0. The molecule has 106 valence electrons. The van der Waals surface area contributed by atoms with Crippen LogP contribution in [0.1, 0.15) is 27.9 Å². The van der Waals surface area contributed by atoms with Gasteiger partial charge in [0.1, 0.15) is 0 Å². The zero-order valence-electron chi connectivity index (χ0n) is 11.6. The van der Waals surface area contributed by atoms with Gasteiger partial charge in [-0.25, -0.2) is 0 Å². The Hall–Kier alpha value is -2.71. The van der Waals surface area contributed by atoms with Crippen LogP contribution in [0.15, 0.2) is 36.7 Å². The van der Waals surface area contributed by atoms with Crippen molar-refractivity contribution in [2.24, 2.45) is 0 Å². The lowest BCUT2D eigenvalue weighted by Crippen LogP contribution is -2.12. The Kier molecular flexibility index (Phi) is 5.02. The van der Waals surface area contributed by atoms with Crippen LogP contribution in [0.4, 0.5) is 5.69 Å². The summed E-state index contributed by atoms with van der Waals surface area (Å²) in [5, 5.41) is 18.8. The van der Waals surface area contributed by atoms with Crippen LogP contribution in [0.25, 0.3) is 0 Å². The van der Waals surface area contributed by atoms with Crippen molar-refractivity contribution < 1.29 is 9.90 Å². The monoisotopic (exact) mass is 281 g/mol. The van der Waals surface area contributed by atoms with E-state index in [1.807, 2.05) is 19.1 Å². The SMILES string of the molecule is Cc1cc(C#CCCO)cc(NC(=O)c2ccnnc2)c1. The third kappa shape index (κ3) is 4.41. The Morgan fingerprint density at radius 3 is 2.90 bits per heavy atom. The van der Waals surface area contributed by atoms with E-state index in [4.69, 9.17) is 5.11 Å². The first kappa shape index (κ1) is 14.7. The molecule has 2 N–H and O–H groups in total. The third-order valence-corrected chi connectivity index (χ3v) is 2.65. The summed E-state index contributed by atoms with van der Waals surface area (Å²) in [5.41, 5.74) is 2.91. The maximum absolute atomic E-state index is 12.0. The number of hydrogen-bond donors (Lipinski definition) is 2. The Labute approximate surface area is 123 Å². The van der Waals surface area contributed by atoms with E-state index >= 15 is 0 Å². The highest BCUT2D eigenvalue weighted by atomic mass is 16.2. The second-order valence-electron chi connectivity index (χ2n) is 4.45. The molecule has 5 nitrogen and oxygen atoms in total. The van der Waals surface area contributed by atoms with Crippen LogP contribution in [0, 0.1) is 18.8 Å². The summed E-state index contributed by atoms with van der Waals surface area (Å²) < 4.78 is 0. The normalized spacial score (nSPS) is 9.62. The summed E-state index contributed by atoms with van der Waals surface area (Å²) in [4.78, 5) is 12.0. The number of anilines is 1. The largest absolute Gasteiger partial charge is 0.395 e. The fourth-order valence-electron chi connectivity index (χ4n) is 1.78. The molecule has 0 bridgehead atoms. The molecular formula is C16H15N3O2. The van der Waals surface area contributed by atoms with Crippen molar-refractivity contribution in [3.05, 3.63) is 53.3 Å². The third-order valence-electron chi connectivity index (χ3n) is 2.65. The van der Waals surface area contributed by atoms with Crippen LogP contribution in [-0.2, 0) is 0 Å². The predicted octanol–water partition coefficient (Wildman–Crippen LogP) is 1.77. The number of carbonyl (C=O) groups excluding carboxylic acids is 1. The summed E-state index contributed by atoms with van der Waals surface area (Å²) in [7, 11) is 0. The lowest BCUT2D eigenvalue weighted by molar-refractivity contribution is 0.102. The fraction of sp³-hybridized carbons (Fsp3) is 0.188. The quantitative estimate of drug-likeness (QED) is 0.841. The van der Waals surface area contributed by atoms with Crippen molar-refractivity contribution in [2.75, 3.05) is 11.9 Å². The standard InChI is InChI=1S/C16H15N3O2/c1-12-8-13(4-2-3-7-20)10-15(9-12)19-16(21)14-5-6-17-18-11-14/h5-6,8-11,20H,3,7H2,1H3,(H,19,21). The number of aliphatic hydroxyl groups excluding tert-OH is 1. The highest BCUT2D eigenvalue weighted by Crippen LogP contribution is 2.15. The lowest BCUT2D eigenvalue weighted by atomic mass is 10.1. The molecule has 5 heteroatoms. The Balaban J connectivity index is 2.17. The molecule has 1 aromatic heterocycles. The van der Waals surface area contributed by atoms with Crippen LogP contribution < -0.4 is 5.32 Å². The molecule has 2 rings (SSSR count). The van der Waals surface area contributed by atoms with Gasteiger partial charge in [0.05, 0.1) is 24.6 Å². The van der Waals surface area contributed by atoms with Gasteiger partial charge in [0.2, 0.25) is 0 Å². The van der Waals surface area contributed by atoms with E-state index < -0.39 is 0 Å². The molecule has 1 heterocycles. The zero-order valence-corrected chi connectivity index (χ0v) is 11.6. The van der Waals surface area contributed by atoms with E-state index in [0.29, 0.717) is 17.7 Å². The van der Waals surface area contributed by atoms with Crippen LogP contribution in [0.5, 0.6) is 0 Å². The van der Waals surface area contributed by atoms with Gasteiger partial charge in [-0.15, -0.1) is 0 Å². The molecule has 21 heavy (non-hydrogen) atoms. The number of hydrogen-bond acceptors (Lipinski definition) is 4. The first-order valence-corrected chi connectivity index (χ1v) is 6.48. The summed E-state index contributed by atoms with van der Waals surface area (Å²) in [6, 6.07) is 7.18. The number of rotatable bonds is 3. The average Bonchev–Trinajstić information content (AvgIpc) is 2.48. The maximum atomic E-state index is 12.0. The van der Waals surface area contributed by atoms with Crippen molar-refractivity contribution in [1.29, 1.82) is 0 Å². The smallest absolute Gasteiger partial charge is 0.257 e. The molecule has 2 aromatic rings. The number of carbonyl (C=O) groups is 1. The van der Waals surface area contributed by atoms with Gasteiger partial charge in [-0.2, -0.15) is 10.2 Å². The van der Waals surface area contributed by atoms with Crippen molar-refractivity contribution >= 4 is 11.6 Å². The van der Waals surface area contributed by atoms with E-state index in [1.54, 1.807) is 12.1 Å². The summed E-state index contributed by atoms with van der Waals surface area (Å²) in [5.74, 6) is 5.57. The zero-order chi connectivity index (χ0) is 15.1. The second-order valence-corrected chi connectivity index (χ2v) is 4.45. The van der Waals surface area contributed by atoms with E-state index in [9.17, 15) is 4.79 Å². The van der Waals surface area contributed by atoms with Crippen molar-refractivity contribution in [3.8, 4) is 11.8 Å². The molecule has 1 amide bonds. The number of aromatic nitrogens is 2. The number of aliphatic hydroxyl groups is 1. The Bertz CT molecular complexity index is 688. The predicted molar refractivity (Wildman–Crippen MR) is 79.7 cm³/mol. The Morgan fingerprint density at radius 1 is 1.33 bits per heavy atom. The van der Waals surface area contributed by atoms with Crippen molar-refractivity contribution in [3.63, 3.8) is 0 Å². The molecule has 0 aliphatic carbocycles. The topological polar surface area (TPSA) is 75.1 Å². The number of nitrogens with zero attached hydrogens (tertiary/aromatic N) is 2. The number of nitrogens with one attached hydrogen (secondary N) is 1. The lowest BCUT2D eigenvalue weighted by Gasteiger charge is -2.06. The van der Waals surface area contributed by atoms with Gasteiger partial charge >= 0.3 is 0 Å². The minimum Gasteiger partial charge on any atom is -0.395 e. The van der Waals surface area contributed by atoms with Crippen molar-refractivity contribution in [1.82, 2.24) is 10.2 Å². The van der Waals surface area contributed by atoms with Gasteiger partial charge in [-0.3, -0.25) is 4.79 Å². The van der Waals surface area contributed by atoms with Gasteiger partial charge in [0.25, 0.3) is 5.91 Å². The second kappa shape index (κ2) is 7.17. The maximum Gasteiger partial charge on any atom is 0.257 e. The molecule has 1 aromatic carbocycles. The molecule has 0 saturated carbocycles. The minimum absolute atomic E-state index is 0.0391. The van der Waals surface area contributed by atoms with Gasteiger partial charge in [-0.1, -0.05) is 11.8 Å². The molecule has 0 radical (unpaired) electrons. The molecule has 0 aliphatic rings. The van der Waals surface area contributed by atoms with Crippen LogP contribution >= 0.6 is 0 Å². The van der Waals surface area contributed by atoms with E-state index in [2.05, 4.69) is 27.4 Å². The molecule has 0 fully saturated rings. The van der Waals surface area contributed by atoms with Crippen molar-refractivity contribution in [2.45, 2.75) is 13.3 Å². The van der Waals surface area contributed by atoms with Gasteiger partial charge in [0, 0.05) is 17.7 Å². The highest BCUT2D eigenvalue weighted by Gasteiger charge is 2.06. The van der Waals surface area contributed by atoms with E-state index in [-0.39, 0.29) is 12.5 Å². The van der Waals surface area contributed by atoms with E-state index in [0.717, 1.165) is 11.1 Å². The van der Waals surface area contributed by atoms with Gasteiger partial charge < -0.3 is 10.4 Å². The Morgan fingerprint density at radius 2 is 2.19 bits per heavy atom. The molecule has 0 aliphatic heterocycles. The molecule has 0 spiro atoms. The average molecular weight is 281 g/mol. The highest BCUT2D eigenvalue weighted by molar-refractivity contribution is 6.04. The molecule has 0 saturated heterocycles. The van der Waals surface area contributed by atoms with Crippen LogP contribution in [-0.4, -0.2) is 27.8 Å². The summed E-state index contributed by atoms with van der Waals surface area (Å²) in [6.07, 6.45) is 3.31. The number of aryl methyl sites for hydroxylation is 1. The van der Waals surface area contributed by atoms with E-state index in [1.165, 1.54) is 12.4 Å². The summed E-state index contributed by atoms with van der Waals surface area (Å²) in [6.45, 7) is 1.97. The number of amides is 1. The molecule has 0 atom stereocenters. The molecular weight excluding hydrogens is 266 g/mol. The number of benzene rings is 1. The van der Waals surface area contributed by atoms with Crippen LogP contribution in [0.2, 0.25) is 0 Å². The minimum atomic E-state index is -0.246. The first-order valence-electron chi connectivity index (χ1n) is 6.48. The first-order chi connectivity index (χ1) is 10.2. The van der Waals surface area contributed by atoms with Gasteiger partial charge in [-0.05, 0) is 36.8 Å². The van der Waals surface area contributed by atoms with Crippen LogP contribution in [0.3, 0.4) is 0 Å². The van der Waals surface area contributed by atoms with Gasteiger partial charge in [0.15, 0.2) is 0 Å². The molecule has 0 unspecified atom stereocenters. The fourth-order valence-corrected chi connectivity index (χ4v) is 1.78.